The molecule has 3 heterocycles. The minimum atomic E-state index is -0.288. The van der Waals surface area contributed by atoms with Gasteiger partial charge in [0.1, 0.15) is 17.9 Å². The summed E-state index contributed by atoms with van der Waals surface area (Å²) in [5.74, 6) is 0.922. The van der Waals surface area contributed by atoms with E-state index < -0.39 is 0 Å². The van der Waals surface area contributed by atoms with Gasteiger partial charge in [0.2, 0.25) is 0 Å². The molecular formula is C21H17FN4O2S. The van der Waals surface area contributed by atoms with Crippen molar-refractivity contribution in [3.8, 4) is 0 Å². The van der Waals surface area contributed by atoms with E-state index in [1.807, 2.05) is 12.1 Å². The standard InChI is InChI=1S/C21H17FN4O2S/c22-16-4-1-3-14(7-16)12-29-21-25-19(9-17-5-2-6-28-17)18(20(27)26-21)8-15-10-23-13-24-11-15/h1-7,10-11,13H,8-9,12H2,(H,25,26,27). The quantitative estimate of drug-likeness (QED) is 0.370. The summed E-state index contributed by atoms with van der Waals surface area (Å²) in [6.45, 7) is 0. The Hall–Kier alpha value is -3.26. The lowest BCUT2D eigenvalue weighted by molar-refractivity contribution is 0.517. The predicted molar refractivity (Wildman–Crippen MR) is 107 cm³/mol. The topological polar surface area (TPSA) is 84.7 Å². The molecule has 6 nitrogen and oxygen atoms in total. The number of thioether (sulfide) groups is 1. The third-order valence-electron chi connectivity index (χ3n) is 4.26. The van der Waals surface area contributed by atoms with E-state index >= 15 is 0 Å². The van der Waals surface area contributed by atoms with Crippen molar-refractivity contribution in [2.24, 2.45) is 0 Å². The zero-order valence-corrected chi connectivity index (χ0v) is 16.2. The number of halogens is 1. The number of nitrogens with one attached hydrogen (secondary N) is 1. The summed E-state index contributed by atoms with van der Waals surface area (Å²) in [6.07, 6.45) is 7.15. The van der Waals surface area contributed by atoms with Crippen molar-refractivity contribution in [1.29, 1.82) is 0 Å². The van der Waals surface area contributed by atoms with Crippen LogP contribution in [0.4, 0.5) is 4.39 Å². The third kappa shape index (κ3) is 4.97. The van der Waals surface area contributed by atoms with Crippen molar-refractivity contribution < 1.29 is 8.81 Å². The number of hydrogen-bond donors (Lipinski definition) is 1. The number of aromatic nitrogens is 4. The van der Waals surface area contributed by atoms with E-state index in [0.29, 0.717) is 35.0 Å². The van der Waals surface area contributed by atoms with Gasteiger partial charge in [0.25, 0.3) is 5.56 Å². The van der Waals surface area contributed by atoms with Crippen molar-refractivity contribution in [2.45, 2.75) is 23.8 Å². The van der Waals surface area contributed by atoms with Crippen LogP contribution in [0.3, 0.4) is 0 Å². The molecule has 0 aliphatic rings. The molecule has 146 valence electrons. The molecule has 1 N–H and O–H groups in total. The molecule has 8 heteroatoms. The van der Waals surface area contributed by atoms with E-state index in [1.54, 1.807) is 30.8 Å². The zero-order chi connectivity index (χ0) is 20.1. The molecule has 0 aliphatic heterocycles. The van der Waals surface area contributed by atoms with Crippen molar-refractivity contribution in [2.75, 3.05) is 0 Å². The number of benzene rings is 1. The average Bonchev–Trinajstić information content (AvgIpc) is 3.23. The maximum absolute atomic E-state index is 13.4. The molecule has 0 fully saturated rings. The fourth-order valence-corrected chi connectivity index (χ4v) is 3.72. The van der Waals surface area contributed by atoms with Crippen LogP contribution in [0.25, 0.3) is 0 Å². The molecular weight excluding hydrogens is 391 g/mol. The SMILES string of the molecule is O=c1[nH]c(SCc2cccc(F)c2)nc(Cc2ccco2)c1Cc1cncnc1. The minimum Gasteiger partial charge on any atom is -0.469 e. The molecule has 4 aromatic rings. The van der Waals surface area contributed by atoms with Gasteiger partial charge in [0.05, 0.1) is 12.0 Å². The first-order chi connectivity index (χ1) is 14.2. The number of hydrogen-bond acceptors (Lipinski definition) is 6. The van der Waals surface area contributed by atoms with E-state index in [4.69, 9.17) is 4.42 Å². The Morgan fingerprint density at radius 3 is 2.69 bits per heavy atom. The molecule has 0 spiro atoms. The van der Waals surface area contributed by atoms with Crippen LogP contribution >= 0.6 is 11.8 Å². The van der Waals surface area contributed by atoms with Gasteiger partial charge in [-0.15, -0.1) is 0 Å². The van der Waals surface area contributed by atoms with Gasteiger partial charge in [0.15, 0.2) is 5.16 Å². The van der Waals surface area contributed by atoms with Gasteiger partial charge in [-0.1, -0.05) is 23.9 Å². The van der Waals surface area contributed by atoms with Gasteiger partial charge in [-0.3, -0.25) is 4.79 Å². The Morgan fingerprint density at radius 2 is 1.93 bits per heavy atom. The number of furan rings is 1. The summed E-state index contributed by atoms with van der Waals surface area (Å²) < 4.78 is 18.8. The van der Waals surface area contributed by atoms with Crippen molar-refractivity contribution >= 4 is 11.8 Å². The first kappa shape index (κ1) is 19.1. The van der Waals surface area contributed by atoms with Crippen LogP contribution < -0.4 is 5.56 Å². The second-order valence-electron chi connectivity index (χ2n) is 6.39. The first-order valence-electron chi connectivity index (χ1n) is 8.93. The molecule has 0 saturated carbocycles. The minimum absolute atomic E-state index is 0.216. The normalized spacial score (nSPS) is 10.9. The maximum atomic E-state index is 13.4. The Bertz CT molecular complexity index is 1150. The van der Waals surface area contributed by atoms with Gasteiger partial charge in [-0.2, -0.15) is 0 Å². The molecule has 0 atom stereocenters. The number of rotatable bonds is 7. The lowest BCUT2D eigenvalue weighted by Crippen LogP contribution is -2.19. The lowest BCUT2D eigenvalue weighted by Gasteiger charge is -2.10. The largest absolute Gasteiger partial charge is 0.469 e. The van der Waals surface area contributed by atoms with E-state index in [-0.39, 0.29) is 11.4 Å². The fourth-order valence-electron chi connectivity index (χ4n) is 2.90. The monoisotopic (exact) mass is 408 g/mol. The van der Waals surface area contributed by atoms with Crippen molar-refractivity contribution in [1.82, 2.24) is 19.9 Å². The summed E-state index contributed by atoms with van der Waals surface area (Å²) in [6, 6.07) is 10.0. The van der Waals surface area contributed by atoms with Gasteiger partial charge in [0, 0.05) is 36.6 Å². The molecule has 3 aromatic heterocycles. The van der Waals surface area contributed by atoms with Gasteiger partial charge >= 0.3 is 0 Å². The highest BCUT2D eigenvalue weighted by Crippen LogP contribution is 2.21. The second-order valence-corrected chi connectivity index (χ2v) is 7.36. The van der Waals surface area contributed by atoms with Gasteiger partial charge < -0.3 is 9.40 Å². The van der Waals surface area contributed by atoms with Crippen LogP contribution in [-0.2, 0) is 18.6 Å². The van der Waals surface area contributed by atoms with E-state index in [2.05, 4.69) is 19.9 Å². The predicted octanol–water partition coefficient (Wildman–Crippen LogP) is 3.77. The van der Waals surface area contributed by atoms with Crippen LogP contribution in [0.1, 0.15) is 28.1 Å². The van der Waals surface area contributed by atoms with Crippen LogP contribution in [0, 0.1) is 5.82 Å². The molecule has 0 aliphatic carbocycles. The van der Waals surface area contributed by atoms with Gasteiger partial charge in [-0.05, 0) is 35.4 Å². The molecule has 4 rings (SSSR count). The molecule has 0 saturated heterocycles. The molecule has 29 heavy (non-hydrogen) atoms. The molecule has 0 bridgehead atoms. The van der Waals surface area contributed by atoms with Crippen LogP contribution in [0.5, 0.6) is 0 Å². The van der Waals surface area contributed by atoms with Crippen LogP contribution in [0.2, 0.25) is 0 Å². The first-order valence-corrected chi connectivity index (χ1v) is 9.91. The maximum Gasteiger partial charge on any atom is 0.255 e. The number of aromatic amines is 1. The molecule has 0 radical (unpaired) electrons. The second kappa shape index (κ2) is 8.83. The molecule has 0 unspecified atom stereocenters. The van der Waals surface area contributed by atoms with Crippen LogP contribution in [-0.4, -0.2) is 19.9 Å². The highest BCUT2D eigenvalue weighted by atomic mass is 32.2. The number of nitrogens with zero attached hydrogens (tertiary/aromatic N) is 3. The van der Waals surface area contributed by atoms with Gasteiger partial charge in [-0.25, -0.2) is 19.3 Å². The summed E-state index contributed by atoms with van der Waals surface area (Å²) in [5, 5.41) is 0.480. The van der Waals surface area contributed by atoms with E-state index in [9.17, 15) is 9.18 Å². The smallest absolute Gasteiger partial charge is 0.255 e. The Morgan fingerprint density at radius 1 is 1.07 bits per heavy atom. The van der Waals surface area contributed by atoms with Crippen molar-refractivity contribution in [3.63, 3.8) is 0 Å². The van der Waals surface area contributed by atoms with Crippen molar-refractivity contribution in [3.05, 3.63) is 106 Å². The zero-order valence-electron chi connectivity index (χ0n) is 15.3. The number of H-pyrrole nitrogens is 1. The summed E-state index contributed by atoms with van der Waals surface area (Å²) in [5.41, 5.74) is 2.60. The third-order valence-corrected chi connectivity index (χ3v) is 5.21. The summed E-state index contributed by atoms with van der Waals surface area (Å²) in [4.78, 5) is 28.3. The molecule has 1 aromatic carbocycles. The Kier molecular flexibility index (Phi) is 5.81. The Labute approximate surface area is 170 Å². The fraction of sp³-hybridized carbons (Fsp3) is 0.143. The highest BCUT2D eigenvalue weighted by molar-refractivity contribution is 7.98. The summed E-state index contributed by atoms with van der Waals surface area (Å²) in [7, 11) is 0. The van der Waals surface area contributed by atoms with E-state index in [1.165, 1.54) is 30.2 Å². The molecule has 0 amide bonds. The Balaban J connectivity index is 1.63. The lowest BCUT2D eigenvalue weighted by atomic mass is 10.0. The average molecular weight is 408 g/mol. The van der Waals surface area contributed by atoms with E-state index in [0.717, 1.165) is 16.9 Å². The van der Waals surface area contributed by atoms with Crippen LogP contribution in [0.15, 0.2) is 75.8 Å². The highest BCUT2D eigenvalue weighted by Gasteiger charge is 2.15. The summed E-state index contributed by atoms with van der Waals surface area (Å²) >= 11 is 1.35.